The van der Waals surface area contributed by atoms with Crippen LogP contribution in [0.5, 0.6) is 0 Å². The van der Waals surface area contributed by atoms with Crippen molar-refractivity contribution in [3.8, 4) is 0 Å². The number of sulfonamides is 1. The van der Waals surface area contributed by atoms with Crippen LogP contribution in [-0.4, -0.2) is 23.6 Å². The van der Waals surface area contributed by atoms with Crippen LogP contribution in [0.25, 0.3) is 0 Å². The third-order valence-corrected chi connectivity index (χ3v) is 3.84. The Kier molecular flexibility index (Phi) is 3.49. The molecule has 0 atom stereocenters. The van der Waals surface area contributed by atoms with Crippen LogP contribution in [0.2, 0.25) is 5.02 Å². The summed E-state index contributed by atoms with van der Waals surface area (Å²) in [7, 11) is -4.08. The summed E-state index contributed by atoms with van der Waals surface area (Å²) in [5.41, 5.74) is 4.97. The van der Waals surface area contributed by atoms with Gasteiger partial charge in [0.2, 0.25) is 0 Å². The van der Waals surface area contributed by atoms with E-state index in [1.54, 1.807) is 0 Å². The average Bonchev–Trinajstić information content (AvgIpc) is 2.34. The maximum Gasteiger partial charge on any atom is 0.265 e. The van der Waals surface area contributed by atoms with E-state index in [-0.39, 0.29) is 21.6 Å². The van der Waals surface area contributed by atoms with E-state index in [9.17, 15) is 12.8 Å². The van der Waals surface area contributed by atoms with Crippen LogP contribution in [-0.2, 0) is 10.0 Å². The highest BCUT2D eigenvalue weighted by molar-refractivity contribution is 7.92. The van der Waals surface area contributed by atoms with E-state index < -0.39 is 15.8 Å². The molecule has 1 heterocycles. The largest absolute Gasteiger partial charge is 0.396 e. The molecule has 2 aromatic rings. The van der Waals surface area contributed by atoms with Crippen LogP contribution in [0.15, 0.2) is 29.4 Å². The van der Waals surface area contributed by atoms with Crippen LogP contribution in [0.4, 0.5) is 16.0 Å². The van der Waals surface area contributed by atoms with Crippen molar-refractivity contribution in [2.45, 2.75) is 4.90 Å². The Morgan fingerprint density at radius 3 is 2.68 bits per heavy atom. The molecule has 7 nitrogen and oxygen atoms in total. The van der Waals surface area contributed by atoms with Crippen molar-refractivity contribution in [3.05, 3.63) is 35.4 Å². The minimum Gasteiger partial charge on any atom is -0.396 e. The maximum atomic E-state index is 13.1. The van der Waals surface area contributed by atoms with Gasteiger partial charge in [-0.15, -0.1) is 5.10 Å². The molecule has 0 saturated carbocycles. The Labute approximate surface area is 112 Å². The molecular weight excluding hydrogens is 297 g/mol. The van der Waals surface area contributed by atoms with Crippen molar-refractivity contribution in [1.82, 2.24) is 15.2 Å². The molecule has 3 N–H and O–H groups in total. The molecule has 1 aromatic carbocycles. The van der Waals surface area contributed by atoms with Gasteiger partial charge in [0.1, 0.15) is 10.7 Å². The van der Waals surface area contributed by atoms with Crippen molar-refractivity contribution in [2.75, 3.05) is 10.5 Å². The minimum absolute atomic E-state index is 0.235. The van der Waals surface area contributed by atoms with Crippen molar-refractivity contribution < 1.29 is 12.8 Å². The number of benzene rings is 1. The van der Waals surface area contributed by atoms with Gasteiger partial charge in [0.05, 0.1) is 23.1 Å². The second kappa shape index (κ2) is 4.94. The van der Waals surface area contributed by atoms with Crippen molar-refractivity contribution >= 4 is 33.3 Å². The van der Waals surface area contributed by atoms with Gasteiger partial charge in [-0.25, -0.2) is 22.5 Å². The normalized spacial score (nSPS) is 11.3. The van der Waals surface area contributed by atoms with Gasteiger partial charge in [-0.3, -0.25) is 0 Å². The lowest BCUT2D eigenvalue weighted by Crippen LogP contribution is -2.16. The van der Waals surface area contributed by atoms with Crippen LogP contribution < -0.4 is 10.5 Å². The highest BCUT2D eigenvalue weighted by atomic mass is 35.5. The zero-order valence-electron chi connectivity index (χ0n) is 9.21. The summed E-state index contributed by atoms with van der Waals surface area (Å²) in [5.74, 6) is -1.04. The van der Waals surface area contributed by atoms with E-state index >= 15 is 0 Å². The van der Waals surface area contributed by atoms with Crippen molar-refractivity contribution in [1.29, 1.82) is 0 Å². The number of nitrogens with zero attached hydrogens (tertiary/aromatic N) is 3. The monoisotopic (exact) mass is 303 g/mol. The molecule has 0 aliphatic carbocycles. The molecule has 0 radical (unpaired) electrons. The Bertz CT molecular complexity index is 710. The summed E-state index contributed by atoms with van der Waals surface area (Å²) < 4.78 is 39.2. The van der Waals surface area contributed by atoms with Crippen LogP contribution in [0, 0.1) is 5.82 Å². The predicted octanol–water partition coefficient (Wildman–Crippen LogP) is 1.05. The van der Waals surface area contributed by atoms with Crippen LogP contribution in [0.1, 0.15) is 0 Å². The van der Waals surface area contributed by atoms with Gasteiger partial charge in [-0.05, 0) is 12.1 Å². The van der Waals surface area contributed by atoms with Crippen molar-refractivity contribution in [3.63, 3.8) is 0 Å². The number of hydrogen-bond acceptors (Lipinski definition) is 6. The number of halogens is 2. The van der Waals surface area contributed by atoms with E-state index in [4.69, 9.17) is 17.3 Å². The molecule has 0 amide bonds. The van der Waals surface area contributed by atoms with Gasteiger partial charge in [-0.1, -0.05) is 11.6 Å². The first-order chi connectivity index (χ1) is 8.90. The molecule has 0 saturated heterocycles. The number of nitrogen functional groups attached to an aromatic ring is 1. The zero-order valence-corrected chi connectivity index (χ0v) is 10.8. The fourth-order valence-corrected chi connectivity index (χ4v) is 2.72. The molecule has 0 aliphatic heterocycles. The molecular formula is C9H7ClFN5O2S. The third-order valence-electron chi connectivity index (χ3n) is 2.05. The first-order valence-corrected chi connectivity index (χ1v) is 6.67. The second-order valence-corrected chi connectivity index (χ2v) is 5.43. The van der Waals surface area contributed by atoms with Crippen LogP contribution >= 0.6 is 11.6 Å². The molecule has 10 heteroatoms. The minimum atomic E-state index is -4.08. The summed E-state index contributed by atoms with van der Waals surface area (Å²) >= 11 is 5.68. The molecule has 0 bridgehead atoms. The number of rotatable bonds is 3. The predicted molar refractivity (Wildman–Crippen MR) is 66.5 cm³/mol. The molecule has 0 spiro atoms. The highest BCUT2D eigenvalue weighted by Crippen LogP contribution is 2.27. The fourth-order valence-electron chi connectivity index (χ4n) is 1.22. The zero-order chi connectivity index (χ0) is 14.0. The lowest BCUT2D eigenvalue weighted by Gasteiger charge is -2.08. The summed E-state index contributed by atoms with van der Waals surface area (Å²) in [6.45, 7) is 0. The van der Waals surface area contributed by atoms with Gasteiger partial charge in [0, 0.05) is 0 Å². The SMILES string of the molecule is Nc1cc(S(=O)(=O)Nc2nccnn2)c(Cl)cc1F. The van der Waals surface area contributed by atoms with Gasteiger partial charge in [-0.2, -0.15) is 5.10 Å². The van der Waals surface area contributed by atoms with E-state index in [1.165, 1.54) is 12.4 Å². The number of nitrogens with one attached hydrogen (secondary N) is 1. The molecule has 0 unspecified atom stereocenters. The number of aromatic nitrogens is 3. The molecule has 100 valence electrons. The fraction of sp³-hybridized carbons (Fsp3) is 0. The summed E-state index contributed by atoms with van der Waals surface area (Å²) in [6.07, 6.45) is 2.53. The first-order valence-electron chi connectivity index (χ1n) is 4.81. The smallest absolute Gasteiger partial charge is 0.265 e. The van der Waals surface area contributed by atoms with Crippen molar-refractivity contribution in [2.24, 2.45) is 0 Å². The standard InChI is InChI=1S/C9H7ClFN5O2S/c10-5-3-6(11)7(12)4-8(5)19(17,18)16-9-13-1-2-14-15-9/h1-4H,12H2,(H,13,15,16). The molecule has 19 heavy (non-hydrogen) atoms. The molecule has 1 aromatic heterocycles. The van der Waals surface area contributed by atoms with Gasteiger partial charge in [0.15, 0.2) is 0 Å². The average molecular weight is 304 g/mol. The Balaban J connectivity index is 2.43. The molecule has 0 aliphatic rings. The van der Waals surface area contributed by atoms with E-state index in [1.807, 2.05) is 4.72 Å². The topological polar surface area (TPSA) is 111 Å². The highest BCUT2D eigenvalue weighted by Gasteiger charge is 2.21. The Morgan fingerprint density at radius 2 is 2.05 bits per heavy atom. The van der Waals surface area contributed by atoms with Gasteiger partial charge in [0.25, 0.3) is 16.0 Å². The molecule has 2 rings (SSSR count). The molecule has 0 fully saturated rings. The summed E-state index contributed by atoms with van der Waals surface area (Å²) in [4.78, 5) is 3.27. The maximum absolute atomic E-state index is 13.1. The third kappa shape index (κ3) is 2.88. The number of hydrogen-bond donors (Lipinski definition) is 2. The number of anilines is 2. The quantitative estimate of drug-likeness (QED) is 0.820. The van der Waals surface area contributed by atoms with E-state index in [0.29, 0.717) is 0 Å². The van der Waals surface area contributed by atoms with E-state index in [0.717, 1.165) is 12.1 Å². The Hall–Kier alpha value is -2.00. The summed E-state index contributed by atoms with van der Waals surface area (Å²) in [6, 6.07) is 1.73. The Morgan fingerprint density at radius 1 is 1.32 bits per heavy atom. The van der Waals surface area contributed by atoms with Gasteiger partial charge < -0.3 is 5.73 Å². The first kappa shape index (κ1) is 13.4. The lowest BCUT2D eigenvalue weighted by atomic mass is 10.3. The summed E-state index contributed by atoms with van der Waals surface area (Å²) in [5, 5.41) is 6.62. The lowest BCUT2D eigenvalue weighted by molar-refractivity contribution is 0.599. The van der Waals surface area contributed by atoms with E-state index in [2.05, 4.69) is 15.2 Å². The van der Waals surface area contributed by atoms with Crippen LogP contribution in [0.3, 0.4) is 0 Å². The second-order valence-electron chi connectivity index (χ2n) is 3.38. The number of nitrogens with two attached hydrogens (primary N) is 1. The van der Waals surface area contributed by atoms with Gasteiger partial charge >= 0.3 is 0 Å².